The summed E-state index contributed by atoms with van der Waals surface area (Å²) in [4.78, 5) is 10.8. The van der Waals surface area contributed by atoms with Gasteiger partial charge in [0.25, 0.3) is 0 Å². The number of carbonyl (C=O) groups excluding carboxylic acids is 1. The average Bonchev–Trinajstić information content (AvgIpc) is 2.41. The zero-order valence-electron chi connectivity index (χ0n) is 7.05. The minimum atomic E-state index is -0.195. The van der Waals surface area contributed by atoms with E-state index in [1.165, 1.54) is 0 Å². The van der Waals surface area contributed by atoms with E-state index in [1.54, 1.807) is 4.68 Å². The summed E-state index contributed by atoms with van der Waals surface area (Å²) in [6.07, 6.45) is 1.82. The molecular formula is C7H9BrClN3O. The molecule has 1 amide bonds. The highest BCUT2D eigenvalue weighted by Crippen LogP contribution is 2.13. The van der Waals surface area contributed by atoms with Crippen molar-refractivity contribution in [3.05, 3.63) is 16.4 Å². The molecule has 0 atom stereocenters. The summed E-state index contributed by atoms with van der Waals surface area (Å²) in [6, 6.07) is 0. The molecule has 1 aromatic heterocycles. The fourth-order valence-corrected chi connectivity index (χ4v) is 1.47. The lowest BCUT2D eigenvalue weighted by molar-refractivity contribution is -0.118. The summed E-state index contributed by atoms with van der Waals surface area (Å²) in [5, 5.41) is 6.75. The van der Waals surface area contributed by atoms with E-state index in [1.807, 2.05) is 13.2 Å². The summed E-state index contributed by atoms with van der Waals surface area (Å²) in [5.41, 5.74) is 0.793. The molecule has 0 saturated carbocycles. The SMILES string of the molecule is Cn1cc(Br)c(CNC(=O)CCl)n1. The highest BCUT2D eigenvalue weighted by molar-refractivity contribution is 9.10. The Morgan fingerprint density at radius 3 is 3.00 bits per heavy atom. The number of alkyl halides is 1. The van der Waals surface area contributed by atoms with E-state index >= 15 is 0 Å². The first-order valence-electron chi connectivity index (χ1n) is 3.64. The third-order valence-corrected chi connectivity index (χ3v) is 2.33. The van der Waals surface area contributed by atoms with Gasteiger partial charge in [0.15, 0.2) is 0 Å². The molecule has 0 aliphatic heterocycles. The molecular weight excluding hydrogens is 257 g/mol. The van der Waals surface area contributed by atoms with Gasteiger partial charge in [-0.05, 0) is 15.9 Å². The molecule has 1 aromatic rings. The Bertz CT molecular complexity index is 313. The summed E-state index contributed by atoms with van der Waals surface area (Å²) in [7, 11) is 1.82. The van der Waals surface area contributed by atoms with Crippen LogP contribution >= 0.6 is 27.5 Å². The van der Waals surface area contributed by atoms with E-state index < -0.39 is 0 Å². The maximum atomic E-state index is 10.8. The van der Waals surface area contributed by atoms with Crippen molar-refractivity contribution in [3.63, 3.8) is 0 Å². The number of hydrogen-bond donors (Lipinski definition) is 1. The first kappa shape index (κ1) is 10.5. The highest BCUT2D eigenvalue weighted by atomic mass is 79.9. The van der Waals surface area contributed by atoms with Crippen LogP contribution in [0.3, 0.4) is 0 Å². The Hall–Kier alpha value is -0.550. The third kappa shape index (κ3) is 3.00. The van der Waals surface area contributed by atoms with Gasteiger partial charge in [0.2, 0.25) is 5.91 Å². The Morgan fingerprint density at radius 2 is 2.54 bits per heavy atom. The van der Waals surface area contributed by atoms with Gasteiger partial charge in [0, 0.05) is 13.2 Å². The van der Waals surface area contributed by atoms with Crippen LogP contribution in [0.2, 0.25) is 0 Å². The fraction of sp³-hybridized carbons (Fsp3) is 0.429. The lowest BCUT2D eigenvalue weighted by Gasteiger charge is -1.99. The molecule has 0 radical (unpaired) electrons. The average molecular weight is 267 g/mol. The summed E-state index contributed by atoms with van der Waals surface area (Å²) in [6.45, 7) is 0.396. The molecule has 1 rings (SSSR count). The van der Waals surface area contributed by atoms with Gasteiger partial charge in [-0.1, -0.05) is 0 Å². The van der Waals surface area contributed by atoms with Crippen LogP contribution in [-0.4, -0.2) is 21.6 Å². The number of aryl methyl sites for hydroxylation is 1. The monoisotopic (exact) mass is 265 g/mol. The zero-order chi connectivity index (χ0) is 9.84. The molecule has 0 saturated heterocycles. The number of nitrogens with one attached hydrogen (secondary N) is 1. The molecule has 0 spiro atoms. The molecule has 72 valence electrons. The van der Waals surface area contributed by atoms with Crippen LogP contribution in [0, 0.1) is 0 Å². The second-order valence-electron chi connectivity index (χ2n) is 2.51. The predicted molar refractivity (Wildman–Crippen MR) is 53.5 cm³/mol. The minimum Gasteiger partial charge on any atom is -0.349 e. The lowest BCUT2D eigenvalue weighted by Crippen LogP contribution is -2.24. The van der Waals surface area contributed by atoms with Crippen molar-refractivity contribution in [2.24, 2.45) is 7.05 Å². The van der Waals surface area contributed by atoms with Crippen molar-refractivity contribution in [2.45, 2.75) is 6.54 Å². The second-order valence-corrected chi connectivity index (χ2v) is 3.63. The van der Waals surface area contributed by atoms with Crippen molar-refractivity contribution in [1.82, 2.24) is 15.1 Å². The Kier molecular flexibility index (Phi) is 3.74. The van der Waals surface area contributed by atoms with E-state index in [0.717, 1.165) is 10.2 Å². The molecule has 4 nitrogen and oxygen atoms in total. The molecule has 0 aliphatic rings. The van der Waals surface area contributed by atoms with Gasteiger partial charge < -0.3 is 5.32 Å². The van der Waals surface area contributed by atoms with Gasteiger partial charge in [0.1, 0.15) is 5.88 Å². The summed E-state index contributed by atoms with van der Waals surface area (Å²) in [5.74, 6) is -0.219. The van der Waals surface area contributed by atoms with Crippen molar-refractivity contribution >= 4 is 33.4 Å². The fourth-order valence-electron chi connectivity index (χ4n) is 0.855. The van der Waals surface area contributed by atoms with Crippen LogP contribution in [0.15, 0.2) is 10.7 Å². The van der Waals surface area contributed by atoms with Crippen LogP contribution < -0.4 is 5.32 Å². The molecule has 1 N–H and O–H groups in total. The van der Waals surface area contributed by atoms with E-state index in [9.17, 15) is 4.79 Å². The molecule has 0 bridgehead atoms. The first-order valence-corrected chi connectivity index (χ1v) is 4.97. The smallest absolute Gasteiger partial charge is 0.235 e. The van der Waals surface area contributed by atoms with E-state index in [0.29, 0.717) is 6.54 Å². The number of aromatic nitrogens is 2. The Labute approximate surface area is 89.4 Å². The molecule has 6 heteroatoms. The molecule has 13 heavy (non-hydrogen) atoms. The number of nitrogens with zero attached hydrogens (tertiary/aromatic N) is 2. The number of hydrogen-bond acceptors (Lipinski definition) is 2. The van der Waals surface area contributed by atoms with Crippen LogP contribution in [0.1, 0.15) is 5.69 Å². The van der Waals surface area contributed by atoms with Crippen molar-refractivity contribution < 1.29 is 4.79 Å². The van der Waals surface area contributed by atoms with Gasteiger partial charge in [-0.15, -0.1) is 11.6 Å². The van der Waals surface area contributed by atoms with E-state index in [2.05, 4.69) is 26.3 Å². The van der Waals surface area contributed by atoms with E-state index in [4.69, 9.17) is 11.6 Å². The topological polar surface area (TPSA) is 46.9 Å². The van der Waals surface area contributed by atoms with E-state index in [-0.39, 0.29) is 11.8 Å². The van der Waals surface area contributed by atoms with Gasteiger partial charge in [0.05, 0.1) is 16.7 Å². The third-order valence-electron chi connectivity index (χ3n) is 1.43. The van der Waals surface area contributed by atoms with Crippen LogP contribution in [-0.2, 0) is 18.4 Å². The highest BCUT2D eigenvalue weighted by Gasteiger charge is 2.05. The standard InChI is InChI=1S/C7H9BrClN3O/c1-12-4-5(8)6(11-12)3-10-7(13)2-9/h4H,2-3H2,1H3,(H,10,13). The molecule has 1 heterocycles. The van der Waals surface area contributed by atoms with Gasteiger partial charge >= 0.3 is 0 Å². The second kappa shape index (κ2) is 4.62. The molecule has 0 aromatic carbocycles. The van der Waals surface area contributed by atoms with Crippen molar-refractivity contribution in [2.75, 3.05) is 5.88 Å². The summed E-state index contributed by atoms with van der Waals surface area (Å²) >= 11 is 8.64. The van der Waals surface area contributed by atoms with Crippen molar-refractivity contribution in [1.29, 1.82) is 0 Å². The van der Waals surface area contributed by atoms with Crippen LogP contribution in [0.5, 0.6) is 0 Å². The normalized spacial score (nSPS) is 10.1. The number of amides is 1. The Morgan fingerprint density at radius 1 is 1.85 bits per heavy atom. The number of carbonyl (C=O) groups is 1. The lowest BCUT2D eigenvalue weighted by atomic mass is 10.4. The van der Waals surface area contributed by atoms with Crippen LogP contribution in [0.4, 0.5) is 0 Å². The zero-order valence-corrected chi connectivity index (χ0v) is 9.39. The number of rotatable bonds is 3. The maximum absolute atomic E-state index is 10.8. The first-order chi connectivity index (χ1) is 6.13. The maximum Gasteiger partial charge on any atom is 0.235 e. The quantitative estimate of drug-likeness (QED) is 0.831. The van der Waals surface area contributed by atoms with Gasteiger partial charge in [-0.25, -0.2) is 0 Å². The van der Waals surface area contributed by atoms with Gasteiger partial charge in [-0.3, -0.25) is 9.48 Å². The molecule has 0 aliphatic carbocycles. The Balaban J connectivity index is 2.54. The number of halogens is 2. The minimum absolute atomic E-state index is 0.0234. The predicted octanol–water partition coefficient (Wildman–Crippen LogP) is 1.04. The van der Waals surface area contributed by atoms with Crippen molar-refractivity contribution in [3.8, 4) is 0 Å². The van der Waals surface area contributed by atoms with Gasteiger partial charge in [-0.2, -0.15) is 5.10 Å². The molecule has 0 fully saturated rings. The molecule has 0 unspecified atom stereocenters. The largest absolute Gasteiger partial charge is 0.349 e. The summed E-state index contributed by atoms with van der Waals surface area (Å²) < 4.78 is 2.55. The van der Waals surface area contributed by atoms with Crippen LogP contribution in [0.25, 0.3) is 0 Å².